The summed E-state index contributed by atoms with van der Waals surface area (Å²) in [5, 5.41) is 14.4. The molecule has 0 amide bonds. The fourth-order valence-electron chi connectivity index (χ4n) is 2.33. The summed E-state index contributed by atoms with van der Waals surface area (Å²) < 4.78 is 5.57. The number of hydrogen-bond acceptors (Lipinski definition) is 4. The summed E-state index contributed by atoms with van der Waals surface area (Å²) in [5.74, 6) is 0. The molecule has 1 aliphatic heterocycles. The van der Waals surface area contributed by atoms with Crippen molar-refractivity contribution < 1.29 is 9.66 Å². The second kappa shape index (κ2) is 5.27. The van der Waals surface area contributed by atoms with E-state index in [1.807, 2.05) is 6.07 Å². The third-order valence-corrected chi connectivity index (χ3v) is 4.05. The SMILES string of the molecule is Cc1ccc(CNC2(C)CCOC2C)cc1[N+](=O)[O-]. The lowest BCUT2D eigenvalue weighted by molar-refractivity contribution is -0.385. The molecule has 0 saturated carbocycles. The number of hydrogen-bond donors (Lipinski definition) is 1. The Kier molecular flexibility index (Phi) is 3.87. The summed E-state index contributed by atoms with van der Waals surface area (Å²) in [7, 11) is 0. The van der Waals surface area contributed by atoms with Crippen LogP contribution in [0.15, 0.2) is 18.2 Å². The Morgan fingerprint density at radius 2 is 2.32 bits per heavy atom. The van der Waals surface area contributed by atoms with Gasteiger partial charge in [-0.25, -0.2) is 0 Å². The van der Waals surface area contributed by atoms with Crippen LogP contribution in [0.2, 0.25) is 0 Å². The van der Waals surface area contributed by atoms with Crippen LogP contribution in [0.4, 0.5) is 5.69 Å². The van der Waals surface area contributed by atoms with Gasteiger partial charge in [0.25, 0.3) is 5.69 Å². The molecular formula is C14H20N2O3. The average molecular weight is 264 g/mol. The molecule has 1 N–H and O–H groups in total. The van der Waals surface area contributed by atoms with E-state index in [0.717, 1.165) is 18.6 Å². The standard InChI is InChI=1S/C14H20N2O3/c1-10-4-5-12(8-13(10)16(17)18)9-15-14(3)6-7-19-11(14)2/h4-5,8,11,15H,6-7,9H2,1-3H3. The van der Waals surface area contributed by atoms with Gasteiger partial charge < -0.3 is 10.1 Å². The van der Waals surface area contributed by atoms with Crippen LogP contribution in [-0.4, -0.2) is 23.2 Å². The third-order valence-electron chi connectivity index (χ3n) is 4.05. The highest BCUT2D eigenvalue weighted by molar-refractivity contribution is 5.42. The van der Waals surface area contributed by atoms with Crippen molar-refractivity contribution in [2.75, 3.05) is 6.61 Å². The van der Waals surface area contributed by atoms with Gasteiger partial charge in [0.1, 0.15) is 0 Å². The molecule has 2 rings (SSSR count). The van der Waals surface area contributed by atoms with Crippen LogP contribution in [0.1, 0.15) is 31.4 Å². The van der Waals surface area contributed by atoms with Crippen LogP contribution in [0, 0.1) is 17.0 Å². The van der Waals surface area contributed by atoms with Crippen molar-refractivity contribution in [1.82, 2.24) is 5.32 Å². The van der Waals surface area contributed by atoms with E-state index in [2.05, 4.69) is 19.2 Å². The molecular weight excluding hydrogens is 244 g/mol. The predicted octanol–water partition coefficient (Wildman–Crippen LogP) is 2.56. The summed E-state index contributed by atoms with van der Waals surface area (Å²) in [6.07, 6.45) is 1.12. The molecule has 1 aliphatic rings. The maximum absolute atomic E-state index is 10.9. The minimum absolute atomic E-state index is 0.0559. The van der Waals surface area contributed by atoms with Crippen molar-refractivity contribution in [3.8, 4) is 0 Å². The van der Waals surface area contributed by atoms with Crippen molar-refractivity contribution in [2.45, 2.75) is 45.4 Å². The van der Waals surface area contributed by atoms with E-state index < -0.39 is 0 Å². The van der Waals surface area contributed by atoms with Gasteiger partial charge in [-0.3, -0.25) is 10.1 Å². The van der Waals surface area contributed by atoms with Crippen molar-refractivity contribution in [3.05, 3.63) is 39.4 Å². The van der Waals surface area contributed by atoms with Gasteiger partial charge in [-0.2, -0.15) is 0 Å². The minimum atomic E-state index is -0.331. The zero-order chi connectivity index (χ0) is 14.0. The molecule has 1 aromatic carbocycles. The van der Waals surface area contributed by atoms with Crippen molar-refractivity contribution in [1.29, 1.82) is 0 Å². The number of benzene rings is 1. The Labute approximate surface area is 113 Å². The molecule has 5 nitrogen and oxygen atoms in total. The molecule has 104 valence electrons. The third kappa shape index (κ3) is 2.93. The lowest BCUT2D eigenvalue weighted by Gasteiger charge is -2.29. The number of ether oxygens (including phenoxy) is 1. The van der Waals surface area contributed by atoms with Crippen LogP contribution in [0.25, 0.3) is 0 Å². The van der Waals surface area contributed by atoms with Crippen LogP contribution >= 0.6 is 0 Å². The molecule has 0 bridgehead atoms. The molecule has 2 unspecified atom stereocenters. The first kappa shape index (κ1) is 14.0. The summed E-state index contributed by atoms with van der Waals surface area (Å²) in [6.45, 7) is 7.32. The molecule has 1 heterocycles. The summed E-state index contributed by atoms with van der Waals surface area (Å²) in [4.78, 5) is 10.6. The molecule has 2 atom stereocenters. The number of nitrogens with zero attached hydrogens (tertiary/aromatic N) is 1. The number of rotatable bonds is 4. The normalized spacial score (nSPS) is 26.6. The molecule has 5 heteroatoms. The molecule has 1 aromatic rings. The highest BCUT2D eigenvalue weighted by Gasteiger charge is 2.36. The number of nitro benzene ring substituents is 1. The summed E-state index contributed by atoms with van der Waals surface area (Å²) in [6, 6.07) is 5.37. The van der Waals surface area contributed by atoms with E-state index in [1.54, 1.807) is 19.1 Å². The molecule has 1 fully saturated rings. The van der Waals surface area contributed by atoms with Crippen LogP contribution in [0.5, 0.6) is 0 Å². The van der Waals surface area contributed by atoms with Crippen molar-refractivity contribution >= 4 is 5.69 Å². The maximum atomic E-state index is 10.9. The van der Waals surface area contributed by atoms with Crippen molar-refractivity contribution in [3.63, 3.8) is 0 Å². The Morgan fingerprint density at radius 3 is 2.89 bits per heavy atom. The maximum Gasteiger partial charge on any atom is 0.272 e. The number of nitro groups is 1. The first-order valence-electron chi connectivity index (χ1n) is 6.53. The van der Waals surface area contributed by atoms with E-state index in [4.69, 9.17) is 4.74 Å². The zero-order valence-corrected chi connectivity index (χ0v) is 11.6. The average Bonchev–Trinajstić information content (AvgIpc) is 2.69. The first-order valence-corrected chi connectivity index (χ1v) is 6.53. The van der Waals surface area contributed by atoms with E-state index in [9.17, 15) is 10.1 Å². The van der Waals surface area contributed by atoms with Crippen LogP contribution in [-0.2, 0) is 11.3 Å². The van der Waals surface area contributed by atoms with Gasteiger partial charge in [0.2, 0.25) is 0 Å². The van der Waals surface area contributed by atoms with Gasteiger partial charge in [-0.15, -0.1) is 0 Å². The smallest absolute Gasteiger partial charge is 0.272 e. The largest absolute Gasteiger partial charge is 0.377 e. The zero-order valence-electron chi connectivity index (χ0n) is 11.6. The van der Waals surface area contributed by atoms with E-state index >= 15 is 0 Å². The minimum Gasteiger partial charge on any atom is -0.377 e. The van der Waals surface area contributed by atoms with Gasteiger partial charge in [0.15, 0.2) is 0 Å². The van der Waals surface area contributed by atoms with Gasteiger partial charge in [0.05, 0.1) is 11.0 Å². The highest BCUT2D eigenvalue weighted by Crippen LogP contribution is 2.26. The molecule has 19 heavy (non-hydrogen) atoms. The second-order valence-corrected chi connectivity index (χ2v) is 5.41. The first-order chi connectivity index (χ1) is 8.92. The lowest BCUT2D eigenvalue weighted by atomic mass is 9.94. The van der Waals surface area contributed by atoms with Gasteiger partial charge >= 0.3 is 0 Å². The topological polar surface area (TPSA) is 64.4 Å². The molecule has 0 aliphatic carbocycles. The van der Waals surface area contributed by atoms with Crippen LogP contribution < -0.4 is 5.32 Å². The fraction of sp³-hybridized carbons (Fsp3) is 0.571. The fourth-order valence-corrected chi connectivity index (χ4v) is 2.33. The highest BCUT2D eigenvalue weighted by atomic mass is 16.6. The Bertz CT molecular complexity index is 490. The summed E-state index contributed by atoms with van der Waals surface area (Å²) >= 11 is 0. The Morgan fingerprint density at radius 1 is 1.58 bits per heavy atom. The predicted molar refractivity (Wildman–Crippen MR) is 73.1 cm³/mol. The van der Waals surface area contributed by atoms with E-state index in [1.165, 1.54) is 0 Å². The molecule has 0 spiro atoms. The molecule has 0 radical (unpaired) electrons. The number of aryl methyl sites for hydroxylation is 1. The Hall–Kier alpha value is -1.46. The number of nitrogens with one attached hydrogen (secondary N) is 1. The molecule has 0 aromatic heterocycles. The lowest BCUT2D eigenvalue weighted by Crippen LogP contribution is -2.47. The quantitative estimate of drug-likeness (QED) is 0.670. The second-order valence-electron chi connectivity index (χ2n) is 5.41. The van der Waals surface area contributed by atoms with E-state index in [-0.39, 0.29) is 22.3 Å². The van der Waals surface area contributed by atoms with Gasteiger partial charge in [-0.05, 0) is 32.8 Å². The van der Waals surface area contributed by atoms with Gasteiger partial charge in [0, 0.05) is 30.3 Å². The summed E-state index contributed by atoms with van der Waals surface area (Å²) in [5.41, 5.74) is 1.75. The monoisotopic (exact) mass is 264 g/mol. The van der Waals surface area contributed by atoms with Crippen molar-refractivity contribution in [2.24, 2.45) is 0 Å². The molecule has 1 saturated heterocycles. The van der Waals surface area contributed by atoms with E-state index in [0.29, 0.717) is 12.1 Å². The van der Waals surface area contributed by atoms with Crippen LogP contribution in [0.3, 0.4) is 0 Å². The Balaban J connectivity index is 2.08. The van der Waals surface area contributed by atoms with Gasteiger partial charge in [-0.1, -0.05) is 12.1 Å².